The molecule has 3 N–H and O–H groups in total. The average Bonchev–Trinajstić information content (AvgIpc) is 2.47. The molecule has 0 aliphatic carbocycles. The van der Waals surface area contributed by atoms with Gasteiger partial charge in [-0.1, -0.05) is 12.1 Å². The summed E-state index contributed by atoms with van der Waals surface area (Å²) in [6.07, 6.45) is 2.12. The summed E-state index contributed by atoms with van der Waals surface area (Å²) in [6, 6.07) is 3.97. The molecule has 0 saturated carbocycles. The molecule has 0 aliphatic heterocycles. The topological polar surface area (TPSA) is 56.7 Å². The Kier molecular flexibility index (Phi) is 10.00. The van der Waals surface area contributed by atoms with E-state index in [1.54, 1.807) is 0 Å². The minimum Gasteiger partial charge on any atom is -0.507 e. The number of benzene rings is 1. The summed E-state index contributed by atoms with van der Waals surface area (Å²) in [5.74, 6) is 1.20. The summed E-state index contributed by atoms with van der Waals surface area (Å²) in [6.45, 7) is 12.6. The van der Waals surface area contributed by atoms with Crippen LogP contribution in [-0.4, -0.2) is 35.2 Å². The fraction of sp³-hybridized carbons (Fsp3) is 0.588. The molecular formula is C17H30IN3OS. The van der Waals surface area contributed by atoms with E-state index in [0.29, 0.717) is 12.3 Å². The minimum atomic E-state index is 0. The Balaban J connectivity index is 0.00000484. The van der Waals surface area contributed by atoms with Gasteiger partial charge in [0.05, 0.1) is 6.54 Å². The monoisotopic (exact) mass is 451 g/mol. The van der Waals surface area contributed by atoms with E-state index in [-0.39, 0.29) is 28.7 Å². The molecule has 1 aromatic carbocycles. The first kappa shape index (κ1) is 22.4. The molecule has 0 heterocycles. The molecule has 0 saturated heterocycles. The zero-order valence-electron chi connectivity index (χ0n) is 15.0. The third kappa shape index (κ3) is 7.65. The van der Waals surface area contributed by atoms with Crippen molar-refractivity contribution in [2.24, 2.45) is 4.99 Å². The first-order chi connectivity index (χ1) is 10.3. The van der Waals surface area contributed by atoms with Gasteiger partial charge >= 0.3 is 0 Å². The molecule has 23 heavy (non-hydrogen) atoms. The quantitative estimate of drug-likeness (QED) is 0.350. The van der Waals surface area contributed by atoms with Crippen molar-refractivity contribution >= 4 is 41.7 Å². The average molecular weight is 451 g/mol. The number of aliphatic imine (C=N–C) groups is 1. The van der Waals surface area contributed by atoms with Gasteiger partial charge in [-0.25, -0.2) is 4.99 Å². The van der Waals surface area contributed by atoms with Gasteiger partial charge in [0.25, 0.3) is 0 Å². The smallest absolute Gasteiger partial charge is 0.191 e. The lowest BCUT2D eigenvalue weighted by atomic mass is 10.1. The van der Waals surface area contributed by atoms with Gasteiger partial charge in [-0.15, -0.1) is 24.0 Å². The van der Waals surface area contributed by atoms with Crippen LogP contribution in [0.4, 0.5) is 0 Å². The van der Waals surface area contributed by atoms with Crippen LogP contribution in [0.1, 0.15) is 37.5 Å². The molecule has 0 amide bonds. The Morgan fingerprint density at radius 3 is 2.26 bits per heavy atom. The van der Waals surface area contributed by atoms with Crippen molar-refractivity contribution in [3.63, 3.8) is 0 Å². The number of rotatable bonds is 6. The van der Waals surface area contributed by atoms with Gasteiger partial charge in [0.2, 0.25) is 0 Å². The van der Waals surface area contributed by atoms with E-state index >= 15 is 0 Å². The lowest BCUT2D eigenvalue weighted by molar-refractivity contribution is 0.466. The van der Waals surface area contributed by atoms with Crippen molar-refractivity contribution in [1.82, 2.24) is 10.6 Å². The number of hydrogen-bond donors (Lipinski definition) is 3. The zero-order valence-corrected chi connectivity index (χ0v) is 18.1. The third-order valence-electron chi connectivity index (χ3n) is 3.55. The maximum absolute atomic E-state index is 9.83. The van der Waals surface area contributed by atoms with Crippen LogP contribution >= 0.6 is 35.7 Å². The minimum absolute atomic E-state index is 0. The van der Waals surface area contributed by atoms with E-state index in [2.05, 4.69) is 42.7 Å². The number of nitrogens with zero attached hydrogens (tertiary/aromatic N) is 1. The largest absolute Gasteiger partial charge is 0.507 e. The molecular weight excluding hydrogens is 421 g/mol. The lowest BCUT2D eigenvalue weighted by Crippen LogP contribution is -2.43. The molecule has 1 aromatic rings. The number of thioether (sulfide) groups is 1. The van der Waals surface area contributed by atoms with Crippen LogP contribution in [0.15, 0.2) is 17.1 Å². The number of phenols is 1. The van der Waals surface area contributed by atoms with E-state index in [4.69, 9.17) is 0 Å². The number of phenolic OH excluding ortho intramolecular Hbond substituents is 1. The zero-order chi connectivity index (χ0) is 16.8. The summed E-state index contributed by atoms with van der Waals surface area (Å²) in [4.78, 5) is 4.64. The van der Waals surface area contributed by atoms with Crippen LogP contribution in [-0.2, 0) is 6.54 Å². The van der Waals surface area contributed by atoms with Gasteiger partial charge in [-0.2, -0.15) is 11.8 Å². The van der Waals surface area contributed by atoms with Crippen molar-refractivity contribution in [3.8, 4) is 5.75 Å². The molecule has 0 spiro atoms. The molecule has 6 heteroatoms. The molecule has 0 aliphatic rings. The van der Waals surface area contributed by atoms with Crippen molar-refractivity contribution in [1.29, 1.82) is 0 Å². The van der Waals surface area contributed by atoms with Crippen LogP contribution in [0.2, 0.25) is 0 Å². The number of halogens is 1. The van der Waals surface area contributed by atoms with Gasteiger partial charge in [0.15, 0.2) is 5.96 Å². The van der Waals surface area contributed by atoms with Gasteiger partial charge in [0, 0.05) is 17.8 Å². The number of nitrogens with one attached hydrogen (secondary N) is 2. The van der Waals surface area contributed by atoms with Crippen LogP contribution in [0.3, 0.4) is 0 Å². The van der Waals surface area contributed by atoms with Crippen molar-refractivity contribution in [2.75, 3.05) is 19.3 Å². The number of aromatic hydroxyl groups is 1. The predicted octanol–water partition coefficient (Wildman–Crippen LogP) is 3.82. The number of aryl methyl sites for hydroxylation is 2. The maximum atomic E-state index is 9.83. The maximum Gasteiger partial charge on any atom is 0.191 e. The summed E-state index contributed by atoms with van der Waals surface area (Å²) in [5, 5.41) is 16.5. The summed E-state index contributed by atoms with van der Waals surface area (Å²) in [7, 11) is 0. The molecule has 0 bridgehead atoms. The van der Waals surface area contributed by atoms with Crippen LogP contribution in [0, 0.1) is 13.8 Å². The highest BCUT2D eigenvalue weighted by Crippen LogP contribution is 2.23. The van der Waals surface area contributed by atoms with E-state index in [1.165, 1.54) is 0 Å². The van der Waals surface area contributed by atoms with Gasteiger partial charge in [-0.3, -0.25) is 0 Å². The fourth-order valence-corrected chi connectivity index (χ4v) is 2.23. The van der Waals surface area contributed by atoms with E-state index in [1.807, 2.05) is 37.7 Å². The van der Waals surface area contributed by atoms with Crippen molar-refractivity contribution in [3.05, 3.63) is 28.8 Å². The molecule has 1 rings (SSSR count). The summed E-state index contributed by atoms with van der Waals surface area (Å²) < 4.78 is 0.169. The third-order valence-corrected chi connectivity index (χ3v) is 4.80. The SMILES string of the molecule is CCNC(=NCc1cc(C)c(O)c(C)c1)NCC(C)(C)SC.I. The highest BCUT2D eigenvalue weighted by molar-refractivity contribution is 14.0. The summed E-state index contributed by atoms with van der Waals surface area (Å²) >= 11 is 1.83. The highest BCUT2D eigenvalue weighted by atomic mass is 127. The molecule has 4 nitrogen and oxygen atoms in total. The van der Waals surface area contributed by atoms with Gasteiger partial charge in [-0.05, 0) is 57.6 Å². The van der Waals surface area contributed by atoms with Crippen molar-refractivity contribution < 1.29 is 5.11 Å². The van der Waals surface area contributed by atoms with E-state index < -0.39 is 0 Å². The molecule has 0 atom stereocenters. The molecule has 0 fully saturated rings. The number of hydrogen-bond acceptors (Lipinski definition) is 3. The summed E-state index contributed by atoms with van der Waals surface area (Å²) in [5.41, 5.74) is 2.90. The Hall–Kier alpha value is -0.630. The highest BCUT2D eigenvalue weighted by Gasteiger charge is 2.16. The predicted molar refractivity (Wildman–Crippen MR) is 113 cm³/mol. The first-order valence-electron chi connectivity index (χ1n) is 7.65. The second-order valence-electron chi connectivity index (χ2n) is 6.09. The van der Waals surface area contributed by atoms with E-state index in [0.717, 1.165) is 35.7 Å². The molecule has 0 radical (unpaired) electrons. The number of guanidine groups is 1. The van der Waals surface area contributed by atoms with Crippen LogP contribution < -0.4 is 10.6 Å². The lowest BCUT2D eigenvalue weighted by Gasteiger charge is -2.23. The Labute approximate surface area is 162 Å². The Morgan fingerprint density at radius 2 is 1.78 bits per heavy atom. The molecule has 132 valence electrons. The second kappa shape index (κ2) is 10.3. The van der Waals surface area contributed by atoms with Gasteiger partial charge in [0.1, 0.15) is 5.75 Å². The Bertz CT molecular complexity index is 510. The molecule has 0 unspecified atom stereocenters. The standard InChI is InChI=1S/C17H29N3OS.HI/c1-7-18-16(20-11-17(4,5)22-6)19-10-14-8-12(2)15(21)13(3)9-14;/h8-9,21H,7,10-11H2,1-6H3,(H2,18,19,20);1H. The Morgan fingerprint density at radius 1 is 1.22 bits per heavy atom. The van der Waals surface area contributed by atoms with Crippen molar-refractivity contribution in [2.45, 2.75) is 45.9 Å². The molecule has 0 aromatic heterocycles. The van der Waals surface area contributed by atoms with Crippen LogP contribution in [0.25, 0.3) is 0 Å². The van der Waals surface area contributed by atoms with Gasteiger partial charge < -0.3 is 15.7 Å². The van der Waals surface area contributed by atoms with Crippen LogP contribution in [0.5, 0.6) is 5.75 Å². The second-order valence-corrected chi connectivity index (χ2v) is 7.60. The first-order valence-corrected chi connectivity index (χ1v) is 8.88. The normalized spacial score (nSPS) is 11.8. The fourth-order valence-electron chi connectivity index (χ4n) is 2.02. The van der Waals surface area contributed by atoms with E-state index in [9.17, 15) is 5.11 Å².